The van der Waals surface area contributed by atoms with Crippen molar-refractivity contribution in [2.45, 2.75) is 104 Å². The Morgan fingerprint density at radius 1 is 0.620 bits per heavy atom. The van der Waals surface area contributed by atoms with Crippen molar-refractivity contribution < 1.29 is 41.3 Å². The Labute approximate surface area is 293 Å². The number of halogens is 4. The van der Waals surface area contributed by atoms with Gasteiger partial charge in [-0.2, -0.15) is 17.6 Å². The Balaban J connectivity index is 1.46. The Hall–Kier alpha value is -4.63. The molecule has 0 aromatic heterocycles. The Morgan fingerprint density at radius 3 is 1.56 bits per heavy atom. The molecule has 0 amide bonds. The van der Waals surface area contributed by atoms with E-state index in [0.29, 0.717) is 63.2 Å². The van der Waals surface area contributed by atoms with Crippen molar-refractivity contribution in [1.29, 1.82) is 0 Å². The van der Waals surface area contributed by atoms with Crippen molar-refractivity contribution in [3.05, 3.63) is 83.4 Å². The van der Waals surface area contributed by atoms with Gasteiger partial charge >= 0.3 is 12.2 Å². The molecule has 0 aliphatic carbocycles. The van der Waals surface area contributed by atoms with Crippen LogP contribution in [0.2, 0.25) is 0 Å². The molecule has 268 valence electrons. The molecule has 0 saturated carbocycles. The monoisotopic (exact) mass is 694 g/mol. The maximum Gasteiger partial charge on any atom is 0.426 e. The lowest BCUT2D eigenvalue weighted by Crippen LogP contribution is -2.23. The summed E-state index contributed by atoms with van der Waals surface area (Å²) in [7, 11) is 0. The first-order valence-electron chi connectivity index (χ1n) is 17.2. The van der Waals surface area contributed by atoms with E-state index in [9.17, 15) is 13.6 Å². The number of benzene rings is 3. The van der Waals surface area contributed by atoms with Gasteiger partial charge in [0.1, 0.15) is 28.8 Å². The average Bonchev–Trinajstić information content (AvgIpc) is 3.10. The molecule has 9 heteroatoms. The molecule has 3 aromatic carbocycles. The zero-order chi connectivity index (χ0) is 36.2. The molecule has 0 spiro atoms. The zero-order valence-electron chi connectivity index (χ0n) is 29.1. The molecule has 0 heterocycles. The predicted molar refractivity (Wildman–Crippen MR) is 187 cm³/mol. The smallest absolute Gasteiger partial charge is 0.426 e. The molecule has 0 atom stereocenters. The summed E-state index contributed by atoms with van der Waals surface area (Å²) in [4.78, 5) is 11.3. The van der Waals surface area contributed by atoms with Crippen molar-refractivity contribution in [3.8, 4) is 46.7 Å². The van der Waals surface area contributed by atoms with Crippen molar-refractivity contribution in [2.24, 2.45) is 0 Å². The van der Waals surface area contributed by atoms with Crippen LogP contribution in [-0.2, 0) is 17.0 Å². The van der Waals surface area contributed by atoms with Crippen molar-refractivity contribution >= 4 is 5.78 Å². The van der Waals surface area contributed by atoms with E-state index in [0.717, 1.165) is 38.2 Å². The van der Waals surface area contributed by atoms with Crippen LogP contribution in [-0.4, -0.2) is 19.0 Å². The zero-order valence-corrected chi connectivity index (χ0v) is 29.1. The van der Waals surface area contributed by atoms with E-state index >= 15 is 8.78 Å². The van der Waals surface area contributed by atoms with Crippen LogP contribution in [0.5, 0.6) is 23.0 Å². The van der Waals surface area contributed by atoms with E-state index in [-0.39, 0.29) is 28.4 Å². The highest BCUT2D eigenvalue weighted by atomic mass is 19.3. The molecule has 0 unspecified atom stereocenters. The van der Waals surface area contributed by atoms with Gasteiger partial charge < -0.3 is 18.9 Å². The minimum absolute atomic E-state index is 0.179. The van der Waals surface area contributed by atoms with Gasteiger partial charge in [-0.05, 0) is 105 Å². The fourth-order valence-electron chi connectivity index (χ4n) is 4.56. The van der Waals surface area contributed by atoms with Crippen LogP contribution in [0.3, 0.4) is 0 Å². The lowest BCUT2D eigenvalue weighted by molar-refractivity contribution is -0.188. The molecule has 3 aromatic rings. The molecule has 0 saturated heterocycles. The number of ketones is 1. The van der Waals surface area contributed by atoms with Crippen LogP contribution in [0.4, 0.5) is 17.6 Å². The van der Waals surface area contributed by atoms with E-state index < -0.39 is 17.8 Å². The van der Waals surface area contributed by atoms with Gasteiger partial charge in [0.05, 0.1) is 24.3 Å². The highest BCUT2D eigenvalue weighted by Crippen LogP contribution is 2.37. The third kappa shape index (κ3) is 14.1. The Morgan fingerprint density at radius 2 is 1.08 bits per heavy atom. The summed E-state index contributed by atoms with van der Waals surface area (Å²) >= 11 is 0. The molecule has 0 aliphatic rings. The van der Waals surface area contributed by atoms with Gasteiger partial charge in [-0.15, -0.1) is 23.7 Å². The van der Waals surface area contributed by atoms with Crippen LogP contribution < -0.4 is 18.9 Å². The maximum atomic E-state index is 15.0. The van der Waals surface area contributed by atoms with Crippen LogP contribution >= 0.6 is 0 Å². The summed E-state index contributed by atoms with van der Waals surface area (Å²) in [5.74, 6) is 13.0. The average molecular weight is 695 g/mol. The first-order chi connectivity index (χ1) is 24.0. The summed E-state index contributed by atoms with van der Waals surface area (Å²) < 4.78 is 81.2. The first kappa shape index (κ1) is 39.8. The molecule has 0 N–H and O–H groups in total. The third-order valence-corrected chi connectivity index (χ3v) is 7.50. The predicted octanol–water partition coefficient (Wildman–Crippen LogP) is 10.9. The minimum Gasteiger partial charge on any atom is -0.494 e. The second kappa shape index (κ2) is 20.8. The summed E-state index contributed by atoms with van der Waals surface area (Å²) in [5.41, 5.74) is -0.590. The van der Waals surface area contributed by atoms with Crippen molar-refractivity contribution in [2.75, 3.05) is 13.2 Å². The fourth-order valence-corrected chi connectivity index (χ4v) is 4.56. The van der Waals surface area contributed by atoms with Crippen LogP contribution in [0.15, 0.2) is 66.7 Å². The summed E-state index contributed by atoms with van der Waals surface area (Å²) in [6, 6.07) is 14.2. The number of unbranched alkanes of at least 4 members (excludes halogenated alkanes) is 5. The van der Waals surface area contributed by atoms with Gasteiger partial charge in [0.15, 0.2) is 0 Å². The number of aryl methyl sites for hydroxylation is 1. The van der Waals surface area contributed by atoms with Gasteiger partial charge in [-0.1, -0.05) is 20.3 Å². The lowest BCUT2D eigenvalue weighted by atomic mass is 10.1. The molecule has 5 nitrogen and oxygen atoms in total. The highest BCUT2D eigenvalue weighted by molar-refractivity contribution is 5.77. The van der Waals surface area contributed by atoms with Gasteiger partial charge in [0, 0.05) is 38.5 Å². The Kier molecular flexibility index (Phi) is 16.5. The molecule has 50 heavy (non-hydrogen) atoms. The van der Waals surface area contributed by atoms with E-state index in [2.05, 4.69) is 30.6 Å². The van der Waals surface area contributed by atoms with Gasteiger partial charge in [-0.25, -0.2) is 0 Å². The summed E-state index contributed by atoms with van der Waals surface area (Å²) in [5, 5.41) is 0. The molecule has 0 aliphatic heterocycles. The number of carbonyl (C=O) groups excluding carboxylic acids is 1. The lowest BCUT2D eigenvalue weighted by Gasteiger charge is -2.22. The number of Topliss-reactive ketones (excluding diaryl/α,β-unsaturated/α-hetero) is 1. The minimum atomic E-state index is -3.69. The molecule has 0 fully saturated rings. The van der Waals surface area contributed by atoms with Gasteiger partial charge in [0.2, 0.25) is 0 Å². The molecular formula is C41H46F4O5. The van der Waals surface area contributed by atoms with Crippen LogP contribution in [0.25, 0.3) is 0 Å². The van der Waals surface area contributed by atoms with E-state index in [1.54, 1.807) is 0 Å². The van der Waals surface area contributed by atoms with Crippen molar-refractivity contribution in [1.82, 2.24) is 0 Å². The quantitative estimate of drug-likeness (QED) is 0.0669. The number of hydrogen-bond donors (Lipinski definition) is 0. The first-order valence-corrected chi connectivity index (χ1v) is 17.2. The van der Waals surface area contributed by atoms with Crippen molar-refractivity contribution in [3.63, 3.8) is 0 Å². The van der Waals surface area contributed by atoms with E-state index in [1.807, 2.05) is 6.92 Å². The topological polar surface area (TPSA) is 54.0 Å². The molecular weight excluding hydrogens is 648 g/mol. The second-order valence-corrected chi connectivity index (χ2v) is 11.7. The van der Waals surface area contributed by atoms with Gasteiger partial charge in [0.25, 0.3) is 0 Å². The molecule has 0 radical (unpaired) electrons. The standard InChI is InChI=1S/C41H46F4O5/c1-4-6-7-8-10-13-16-29-48-37-25-21-34(22-26-37)41(44,45)50-39-28-27-38(31-32(39)3)49-40(42,43)33-19-23-36(24-20-33)47-30-17-14-11-9-12-15-18-35(46)5-2/h19-28,31H,4-7,12-18,29-30H2,1-3H3. The number of alkyl halides is 4. The van der Waals surface area contributed by atoms with Crippen LogP contribution in [0, 0.1) is 30.6 Å². The SMILES string of the molecule is CCCCC#CCCCOc1ccc(C(F)(F)Oc2ccc(OC(F)(F)c3ccc(OCCCC#CCCCC(=O)CC)cc3)cc2C)cc1. The Bertz CT molecular complexity index is 1600. The maximum absolute atomic E-state index is 15.0. The second-order valence-electron chi connectivity index (χ2n) is 11.7. The van der Waals surface area contributed by atoms with E-state index in [1.165, 1.54) is 67.6 Å². The number of carbonyl (C=O) groups is 1. The fraction of sp³-hybridized carbons (Fsp3) is 0.439. The van der Waals surface area contributed by atoms with E-state index in [4.69, 9.17) is 18.9 Å². The largest absolute Gasteiger partial charge is 0.494 e. The molecule has 3 rings (SSSR count). The highest BCUT2D eigenvalue weighted by Gasteiger charge is 2.36. The normalized spacial score (nSPS) is 11.1. The number of ether oxygens (including phenoxy) is 4. The number of rotatable bonds is 20. The van der Waals surface area contributed by atoms with Gasteiger partial charge in [-0.3, -0.25) is 4.79 Å². The number of hydrogen-bond acceptors (Lipinski definition) is 5. The summed E-state index contributed by atoms with van der Waals surface area (Å²) in [6.07, 6.45) is 1.00. The third-order valence-electron chi connectivity index (χ3n) is 7.50. The summed E-state index contributed by atoms with van der Waals surface area (Å²) in [6.45, 7) is 6.23. The van der Waals surface area contributed by atoms with Crippen LogP contribution in [0.1, 0.15) is 101 Å². The molecule has 0 bridgehead atoms.